The molecule has 1 heterocycles. The van der Waals surface area contributed by atoms with Crippen LogP contribution in [0.1, 0.15) is 6.42 Å². The highest BCUT2D eigenvalue weighted by molar-refractivity contribution is 9.10. The first-order chi connectivity index (χ1) is 9.15. The molecular weight excluding hydrogens is 312 g/mol. The third kappa shape index (κ3) is 4.24. The fraction of sp³-hybridized carbons (Fsp3) is 0.385. The molecule has 0 atom stereocenters. The first-order valence-electron chi connectivity index (χ1n) is 6.08. The Morgan fingerprint density at radius 1 is 1.26 bits per heavy atom. The summed E-state index contributed by atoms with van der Waals surface area (Å²) < 4.78 is 6.55. The van der Waals surface area contributed by atoms with Crippen molar-refractivity contribution in [2.75, 3.05) is 26.2 Å². The van der Waals surface area contributed by atoms with Crippen molar-refractivity contribution in [1.29, 1.82) is 0 Å². The van der Waals surface area contributed by atoms with Crippen molar-refractivity contribution >= 4 is 27.7 Å². The molecule has 1 aromatic carbocycles. The average Bonchev–Trinajstić information content (AvgIpc) is 2.56. The smallest absolute Gasteiger partial charge is 0.242 e. The van der Waals surface area contributed by atoms with Gasteiger partial charge in [-0.1, -0.05) is 15.9 Å². The van der Waals surface area contributed by atoms with Gasteiger partial charge in [0.25, 0.3) is 0 Å². The Hall–Kier alpha value is -1.56. The van der Waals surface area contributed by atoms with Gasteiger partial charge in [0, 0.05) is 17.4 Å². The lowest BCUT2D eigenvalue weighted by Gasteiger charge is -2.19. The molecule has 0 spiro atoms. The van der Waals surface area contributed by atoms with Crippen molar-refractivity contribution in [3.63, 3.8) is 0 Å². The van der Waals surface area contributed by atoms with Crippen molar-refractivity contribution in [3.05, 3.63) is 28.7 Å². The molecule has 1 aliphatic rings. The average molecular weight is 327 g/mol. The second-order valence-electron chi connectivity index (χ2n) is 4.21. The van der Waals surface area contributed by atoms with Gasteiger partial charge in [0.1, 0.15) is 12.4 Å². The highest BCUT2D eigenvalue weighted by atomic mass is 79.9. The van der Waals surface area contributed by atoms with Crippen LogP contribution in [0.5, 0.6) is 5.75 Å². The Kier molecular flexibility index (Phi) is 4.79. The van der Waals surface area contributed by atoms with Crippen molar-refractivity contribution in [3.8, 4) is 5.75 Å². The van der Waals surface area contributed by atoms with Crippen LogP contribution < -0.4 is 10.1 Å². The molecule has 0 bridgehead atoms. The van der Waals surface area contributed by atoms with Gasteiger partial charge in [0.15, 0.2) is 0 Å². The van der Waals surface area contributed by atoms with E-state index in [9.17, 15) is 9.59 Å². The summed E-state index contributed by atoms with van der Waals surface area (Å²) in [6, 6.07) is 7.52. The lowest BCUT2D eigenvalue weighted by Crippen LogP contribution is -2.37. The van der Waals surface area contributed by atoms with Crippen molar-refractivity contribution in [2.45, 2.75) is 6.42 Å². The quantitative estimate of drug-likeness (QED) is 0.903. The number of hydrogen-bond donors (Lipinski definition) is 1. The highest BCUT2D eigenvalue weighted by Gasteiger charge is 2.19. The Balaban J connectivity index is 1.79. The van der Waals surface area contributed by atoms with Crippen LogP contribution in [0.2, 0.25) is 0 Å². The zero-order valence-corrected chi connectivity index (χ0v) is 12.0. The lowest BCUT2D eigenvalue weighted by molar-refractivity contribution is -0.130. The predicted octanol–water partition coefficient (Wildman–Crippen LogP) is 1.18. The zero-order chi connectivity index (χ0) is 13.7. The van der Waals surface area contributed by atoms with Crippen molar-refractivity contribution in [2.24, 2.45) is 0 Å². The SMILES string of the molecule is O=C1CCN(CCOc2ccc(Br)cc2)C(=O)CN1. The maximum atomic E-state index is 11.7. The largest absolute Gasteiger partial charge is 0.492 e. The molecular formula is C13H15BrN2O3. The van der Waals surface area contributed by atoms with E-state index in [4.69, 9.17) is 4.74 Å². The molecule has 1 N–H and O–H groups in total. The van der Waals surface area contributed by atoms with Gasteiger partial charge in [-0.3, -0.25) is 9.59 Å². The van der Waals surface area contributed by atoms with Crippen LogP contribution in [-0.4, -0.2) is 43.0 Å². The second-order valence-corrected chi connectivity index (χ2v) is 5.13. The molecule has 0 saturated carbocycles. The molecule has 102 valence electrons. The van der Waals surface area contributed by atoms with Crippen LogP contribution >= 0.6 is 15.9 Å². The molecule has 1 aliphatic heterocycles. The van der Waals surface area contributed by atoms with E-state index in [2.05, 4.69) is 21.2 Å². The Morgan fingerprint density at radius 3 is 2.74 bits per heavy atom. The third-order valence-electron chi connectivity index (χ3n) is 2.84. The van der Waals surface area contributed by atoms with Gasteiger partial charge in [0.2, 0.25) is 11.8 Å². The van der Waals surface area contributed by atoms with Crippen LogP contribution in [0.25, 0.3) is 0 Å². The fourth-order valence-corrected chi connectivity index (χ4v) is 2.04. The van der Waals surface area contributed by atoms with E-state index in [1.807, 2.05) is 24.3 Å². The van der Waals surface area contributed by atoms with E-state index in [0.717, 1.165) is 10.2 Å². The molecule has 0 unspecified atom stereocenters. The van der Waals surface area contributed by atoms with Gasteiger partial charge in [0.05, 0.1) is 13.1 Å². The minimum Gasteiger partial charge on any atom is -0.492 e. The summed E-state index contributed by atoms with van der Waals surface area (Å²) in [6.45, 7) is 1.44. The van der Waals surface area contributed by atoms with E-state index in [1.165, 1.54) is 0 Å². The van der Waals surface area contributed by atoms with E-state index < -0.39 is 0 Å². The summed E-state index contributed by atoms with van der Waals surface area (Å²) in [5.74, 6) is 0.620. The van der Waals surface area contributed by atoms with Crippen molar-refractivity contribution < 1.29 is 14.3 Å². The molecule has 0 aliphatic carbocycles. The molecule has 5 nitrogen and oxygen atoms in total. The van der Waals surface area contributed by atoms with E-state index in [1.54, 1.807) is 4.90 Å². The van der Waals surface area contributed by atoms with Crippen LogP contribution in [0.4, 0.5) is 0 Å². The number of hydrogen-bond acceptors (Lipinski definition) is 3. The number of nitrogens with zero attached hydrogens (tertiary/aromatic N) is 1. The molecule has 0 aromatic heterocycles. The summed E-state index contributed by atoms with van der Waals surface area (Å²) in [4.78, 5) is 24.5. The molecule has 6 heteroatoms. The van der Waals surface area contributed by atoms with Gasteiger partial charge in [-0.25, -0.2) is 0 Å². The van der Waals surface area contributed by atoms with Crippen molar-refractivity contribution in [1.82, 2.24) is 10.2 Å². The van der Waals surface area contributed by atoms with Gasteiger partial charge >= 0.3 is 0 Å². The summed E-state index contributed by atoms with van der Waals surface area (Å²) in [6.07, 6.45) is 0.351. The third-order valence-corrected chi connectivity index (χ3v) is 3.37. The second kappa shape index (κ2) is 6.56. The maximum Gasteiger partial charge on any atom is 0.242 e. The summed E-state index contributed by atoms with van der Waals surface area (Å²) >= 11 is 3.35. The van der Waals surface area contributed by atoms with E-state index in [-0.39, 0.29) is 18.4 Å². The highest BCUT2D eigenvalue weighted by Crippen LogP contribution is 2.16. The summed E-state index contributed by atoms with van der Waals surface area (Å²) in [7, 11) is 0. The fourth-order valence-electron chi connectivity index (χ4n) is 1.78. The standard InChI is InChI=1S/C13H15BrN2O3/c14-10-1-3-11(4-2-10)19-8-7-16-6-5-12(17)15-9-13(16)18/h1-4H,5-9H2,(H,15,17). The molecule has 2 amide bonds. The van der Waals surface area contributed by atoms with Crippen LogP contribution in [-0.2, 0) is 9.59 Å². The molecule has 1 aromatic rings. The number of nitrogens with one attached hydrogen (secondary N) is 1. The first kappa shape index (κ1) is 13.9. The van der Waals surface area contributed by atoms with Gasteiger partial charge in [-0.15, -0.1) is 0 Å². The lowest BCUT2D eigenvalue weighted by atomic mass is 10.3. The zero-order valence-electron chi connectivity index (χ0n) is 10.4. The minimum atomic E-state index is -0.0790. The summed E-state index contributed by atoms with van der Waals surface area (Å²) in [5.41, 5.74) is 0. The van der Waals surface area contributed by atoms with E-state index >= 15 is 0 Å². The number of carbonyl (C=O) groups is 2. The molecule has 2 rings (SSSR count). The predicted molar refractivity (Wildman–Crippen MR) is 73.8 cm³/mol. The number of carbonyl (C=O) groups excluding carboxylic acids is 2. The van der Waals surface area contributed by atoms with Crippen LogP contribution in [0.15, 0.2) is 28.7 Å². The number of amides is 2. The monoisotopic (exact) mass is 326 g/mol. The van der Waals surface area contributed by atoms with Crippen LogP contribution in [0.3, 0.4) is 0 Å². The van der Waals surface area contributed by atoms with Gasteiger partial charge in [-0.2, -0.15) is 0 Å². The Morgan fingerprint density at radius 2 is 2.00 bits per heavy atom. The number of rotatable bonds is 4. The topological polar surface area (TPSA) is 58.6 Å². The Labute approximate surface area is 120 Å². The Bertz CT molecular complexity index is 461. The number of ether oxygens (including phenoxy) is 1. The summed E-state index contributed by atoms with van der Waals surface area (Å²) in [5, 5.41) is 2.56. The molecule has 19 heavy (non-hydrogen) atoms. The number of benzene rings is 1. The maximum absolute atomic E-state index is 11.7. The minimum absolute atomic E-state index is 0.0646. The van der Waals surface area contributed by atoms with Gasteiger partial charge in [-0.05, 0) is 24.3 Å². The number of halogens is 1. The van der Waals surface area contributed by atoms with Crippen LogP contribution in [0, 0.1) is 0 Å². The molecule has 1 saturated heterocycles. The molecule has 0 radical (unpaired) electrons. The van der Waals surface area contributed by atoms with E-state index in [0.29, 0.717) is 26.1 Å². The van der Waals surface area contributed by atoms with Gasteiger partial charge < -0.3 is 15.0 Å². The molecule has 1 fully saturated rings. The normalized spacial score (nSPS) is 15.9. The first-order valence-corrected chi connectivity index (χ1v) is 6.87.